The Labute approximate surface area is 127 Å². The average molecular weight is 330 g/mol. The Morgan fingerprint density at radius 3 is 2.52 bits per heavy atom. The van der Waals surface area contributed by atoms with E-state index in [0.29, 0.717) is 30.0 Å². The molecule has 8 heteroatoms. The molecular formula is C13H18N2O4S2. The third kappa shape index (κ3) is 4.12. The van der Waals surface area contributed by atoms with Crippen molar-refractivity contribution in [2.45, 2.75) is 11.3 Å². The Morgan fingerprint density at radius 1 is 1.33 bits per heavy atom. The molecule has 0 bridgehead atoms. The fourth-order valence-electron chi connectivity index (χ4n) is 2.14. The highest BCUT2D eigenvalue weighted by molar-refractivity contribution is 7.89. The molecule has 2 rings (SSSR count). The molecule has 21 heavy (non-hydrogen) atoms. The molecule has 1 heterocycles. The van der Waals surface area contributed by atoms with Crippen molar-refractivity contribution in [3.63, 3.8) is 0 Å². The minimum Gasteiger partial charge on any atom is -0.351 e. The lowest BCUT2D eigenvalue weighted by Gasteiger charge is -2.14. The van der Waals surface area contributed by atoms with E-state index in [1.807, 2.05) is 0 Å². The van der Waals surface area contributed by atoms with Crippen LogP contribution < -0.4 is 5.32 Å². The van der Waals surface area contributed by atoms with Crippen molar-refractivity contribution in [3.8, 4) is 0 Å². The lowest BCUT2D eigenvalue weighted by atomic mass is 10.2. The molecule has 0 saturated carbocycles. The molecule has 1 amide bonds. The molecule has 116 valence electrons. The van der Waals surface area contributed by atoms with Crippen molar-refractivity contribution in [1.82, 2.24) is 9.62 Å². The number of nitrogens with zero attached hydrogens (tertiary/aromatic N) is 1. The number of carbonyl (C=O) groups is 1. The zero-order valence-electron chi connectivity index (χ0n) is 11.7. The molecule has 1 aromatic carbocycles. The molecule has 1 saturated heterocycles. The lowest BCUT2D eigenvalue weighted by molar-refractivity contribution is 0.0951. The van der Waals surface area contributed by atoms with Crippen LogP contribution in [0.4, 0.5) is 0 Å². The van der Waals surface area contributed by atoms with Gasteiger partial charge in [0.05, 0.1) is 5.75 Å². The summed E-state index contributed by atoms with van der Waals surface area (Å²) in [6, 6.07) is 6.52. The number of rotatable bonds is 5. The first-order valence-electron chi connectivity index (χ1n) is 6.60. The van der Waals surface area contributed by atoms with Crippen molar-refractivity contribution in [2.24, 2.45) is 0 Å². The molecule has 1 N–H and O–H groups in total. The molecule has 0 aliphatic carbocycles. The Hall–Kier alpha value is -1.25. The second-order valence-electron chi connectivity index (χ2n) is 4.80. The molecule has 0 radical (unpaired) electrons. The van der Waals surface area contributed by atoms with E-state index >= 15 is 0 Å². The first-order chi connectivity index (χ1) is 9.90. The van der Waals surface area contributed by atoms with Crippen molar-refractivity contribution in [1.29, 1.82) is 0 Å². The average Bonchev–Trinajstić information content (AvgIpc) is 2.78. The molecule has 0 aromatic heterocycles. The summed E-state index contributed by atoms with van der Waals surface area (Å²) in [5.41, 5.74) is 0.466. The summed E-state index contributed by atoms with van der Waals surface area (Å²) >= 11 is 0. The third-order valence-corrected chi connectivity index (χ3v) is 6.19. The van der Waals surface area contributed by atoms with Gasteiger partial charge in [0.1, 0.15) is 0 Å². The maximum absolute atomic E-state index is 11.9. The van der Waals surface area contributed by atoms with E-state index in [2.05, 4.69) is 5.32 Å². The molecule has 6 nitrogen and oxygen atoms in total. The van der Waals surface area contributed by atoms with Gasteiger partial charge in [0.15, 0.2) is 0 Å². The Balaban J connectivity index is 1.86. The van der Waals surface area contributed by atoms with Gasteiger partial charge in [-0.05, 0) is 30.7 Å². The highest BCUT2D eigenvalue weighted by Crippen LogP contribution is 2.12. The summed E-state index contributed by atoms with van der Waals surface area (Å²) in [5, 5.41) is 2.69. The van der Waals surface area contributed by atoms with Crippen LogP contribution in [0.5, 0.6) is 0 Å². The van der Waals surface area contributed by atoms with Gasteiger partial charge in [0.25, 0.3) is 5.91 Å². The Bertz CT molecular complexity index is 641. The van der Waals surface area contributed by atoms with Gasteiger partial charge in [0, 0.05) is 47.1 Å². The van der Waals surface area contributed by atoms with E-state index in [0.717, 1.165) is 0 Å². The van der Waals surface area contributed by atoms with Crippen LogP contribution in [-0.4, -0.2) is 54.5 Å². The standard InChI is InChI=1S/C13H18N2O4S2/c1-20(17)12-5-3-11(4-6-12)13(16)14-7-9-15-8-2-10-21(15,18)19/h3-6H,2,7-10H2,1H3,(H,14,16). The maximum atomic E-state index is 11.9. The maximum Gasteiger partial charge on any atom is 0.251 e. The topological polar surface area (TPSA) is 83.6 Å². The summed E-state index contributed by atoms with van der Waals surface area (Å²) in [6.45, 7) is 1.10. The highest BCUT2D eigenvalue weighted by atomic mass is 32.2. The molecule has 1 unspecified atom stereocenters. The van der Waals surface area contributed by atoms with Crippen LogP contribution in [0.2, 0.25) is 0 Å². The van der Waals surface area contributed by atoms with Gasteiger partial charge in [-0.3, -0.25) is 9.00 Å². The number of hydrogen-bond donors (Lipinski definition) is 1. The van der Waals surface area contributed by atoms with Gasteiger partial charge >= 0.3 is 0 Å². The largest absolute Gasteiger partial charge is 0.351 e. The number of nitrogens with one attached hydrogen (secondary N) is 1. The van der Waals surface area contributed by atoms with E-state index in [9.17, 15) is 17.4 Å². The normalized spacial score (nSPS) is 19.3. The number of hydrogen-bond acceptors (Lipinski definition) is 4. The molecule has 1 aromatic rings. The zero-order chi connectivity index (χ0) is 15.5. The van der Waals surface area contributed by atoms with E-state index < -0.39 is 20.8 Å². The van der Waals surface area contributed by atoms with Crippen molar-refractivity contribution in [2.75, 3.05) is 31.6 Å². The van der Waals surface area contributed by atoms with Crippen molar-refractivity contribution >= 4 is 26.7 Å². The van der Waals surface area contributed by atoms with Crippen molar-refractivity contribution < 1.29 is 17.4 Å². The number of sulfonamides is 1. The Kier molecular flexibility index (Phi) is 5.13. The lowest BCUT2D eigenvalue weighted by Crippen LogP contribution is -2.35. The molecule has 1 fully saturated rings. The predicted molar refractivity (Wildman–Crippen MR) is 81.1 cm³/mol. The van der Waals surface area contributed by atoms with Gasteiger partial charge in [-0.15, -0.1) is 0 Å². The highest BCUT2D eigenvalue weighted by Gasteiger charge is 2.27. The van der Waals surface area contributed by atoms with E-state index in [-0.39, 0.29) is 18.2 Å². The van der Waals surface area contributed by atoms with Crippen LogP contribution >= 0.6 is 0 Å². The van der Waals surface area contributed by atoms with Gasteiger partial charge < -0.3 is 5.32 Å². The minimum atomic E-state index is -3.12. The molecular weight excluding hydrogens is 312 g/mol. The monoisotopic (exact) mass is 330 g/mol. The second kappa shape index (κ2) is 6.67. The molecule has 1 aliphatic rings. The van der Waals surface area contributed by atoms with Crippen LogP contribution in [-0.2, 0) is 20.8 Å². The number of carbonyl (C=O) groups excluding carboxylic acids is 1. The smallest absolute Gasteiger partial charge is 0.251 e. The molecule has 1 aliphatic heterocycles. The summed E-state index contributed by atoms with van der Waals surface area (Å²) in [5.74, 6) is -0.0728. The van der Waals surface area contributed by atoms with Crippen LogP contribution in [0.15, 0.2) is 29.2 Å². The second-order valence-corrected chi connectivity index (χ2v) is 8.27. The number of amides is 1. The van der Waals surface area contributed by atoms with Crippen LogP contribution in [0, 0.1) is 0 Å². The number of benzene rings is 1. The summed E-state index contributed by atoms with van der Waals surface area (Å²) in [4.78, 5) is 12.6. The van der Waals surface area contributed by atoms with E-state index in [4.69, 9.17) is 0 Å². The fourth-order valence-corrected chi connectivity index (χ4v) is 4.18. The van der Waals surface area contributed by atoms with E-state index in [1.54, 1.807) is 30.5 Å². The van der Waals surface area contributed by atoms with Gasteiger partial charge in [-0.2, -0.15) is 0 Å². The predicted octanol–water partition coefficient (Wildman–Crippen LogP) is 0.189. The van der Waals surface area contributed by atoms with Crippen LogP contribution in [0.3, 0.4) is 0 Å². The fraction of sp³-hybridized carbons (Fsp3) is 0.462. The summed E-state index contributed by atoms with van der Waals surface area (Å²) < 4.78 is 35.8. The molecule has 1 atom stereocenters. The van der Waals surface area contributed by atoms with Crippen LogP contribution in [0.1, 0.15) is 16.8 Å². The van der Waals surface area contributed by atoms with E-state index in [1.165, 1.54) is 4.31 Å². The SMILES string of the molecule is CS(=O)c1ccc(C(=O)NCCN2CCCS2(=O)=O)cc1. The quantitative estimate of drug-likeness (QED) is 0.835. The first kappa shape index (κ1) is 16.1. The van der Waals surface area contributed by atoms with Crippen LogP contribution in [0.25, 0.3) is 0 Å². The summed E-state index contributed by atoms with van der Waals surface area (Å²) in [6.07, 6.45) is 2.22. The third-order valence-electron chi connectivity index (χ3n) is 3.30. The Morgan fingerprint density at radius 2 is 2.00 bits per heavy atom. The first-order valence-corrected chi connectivity index (χ1v) is 9.76. The summed E-state index contributed by atoms with van der Waals surface area (Å²) in [7, 11) is -4.19. The zero-order valence-corrected chi connectivity index (χ0v) is 13.4. The van der Waals surface area contributed by atoms with Gasteiger partial charge in [0.2, 0.25) is 10.0 Å². The van der Waals surface area contributed by atoms with Gasteiger partial charge in [-0.25, -0.2) is 12.7 Å². The minimum absolute atomic E-state index is 0.191. The van der Waals surface area contributed by atoms with Crippen molar-refractivity contribution in [3.05, 3.63) is 29.8 Å². The molecule has 0 spiro atoms. The van der Waals surface area contributed by atoms with Gasteiger partial charge in [-0.1, -0.05) is 0 Å².